The predicted octanol–water partition coefficient (Wildman–Crippen LogP) is 2.11. The maximum Gasteiger partial charge on any atom is 0.325 e. The molecule has 98 valence electrons. The topological polar surface area (TPSA) is 67.4 Å². The summed E-state index contributed by atoms with van der Waals surface area (Å²) in [7, 11) is 0. The van der Waals surface area contributed by atoms with Crippen molar-refractivity contribution in [2.24, 2.45) is 0 Å². The number of urea groups is 1. The van der Waals surface area contributed by atoms with E-state index in [1.54, 1.807) is 6.92 Å². The molecule has 0 aromatic heterocycles. The Morgan fingerprint density at radius 2 is 2.17 bits per heavy atom. The van der Waals surface area contributed by atoms with E-state index >= 15 is 0 Å². The van der Waals surface area contributed by atoms with E-state index in [1.165, 1.54) is 18.2 Å². The van der Waals surface area contributed by atoms with E-state index in [4.69, 9.17) is 0 Å². The number of rotatable bonds is 4. The molecule has 1 aromatic carbocycles. The number of benzene rings is 1. The molecule has 1 aromatic rings. The smallest absolute Gasteiger partial charge is 0.325 e. The molecule has 2 N–H and O–H groups in total. The van der Waals surface area contributed by atoms with E-state index in [9.17, 15) is 14.0 Å². The molecule has 0 radical (unpaired) electrons. The molecular formula is C11H12FIN2O3. The van der Waals surface area contributed by atoms with Gasteiger partial charge in [-0.1, -0.05) is 0 Å². The van der Waals surface area contributed by atoms with E-state index in [0.717, 1.165) is 0 Å². The lowest BCUT2D eigenvalue weighted by atomic mass is 10.3. The summed E-state index contributed by atoms with van der Waals surface area (Å²) in [4.78, 5) is 22.4. The van der Waals surface area contributed by atoms with Gasteiger partial charge in [0.1, 0.15) is 12.4 Å². The zero-order valence-electron chi connectivity index (χ0n) is 9.63. The zero-order chi connectivity index (χ0) is 13.5. The molecule has 7 heteroatoms. The van der Waals surface area contributed by atoms with Gasteiger partial charge in [-0.3, -0.25) is 4.79 Å². The molecule has 0 spiro atoms. The molecule has 1 rings (SSSR count). The Morgan fingerprint density at radius 1 is 1.44 bits per heavy atom. The molecule has 0 atom stereocenters. The minimum Gasteiger partial charge on any atom is -0.465 e. The number of hydrogen-bond donors (Lipinski definition) is 2. The Balaban J connectivity index is 2.47. The number of hydrogen-bond acceptors (Lipinski definition) is 3. The third-order valence-electron chi connectivity index (χ3n) is 1.88. The van der Waals surface area contributed by atoms with Crippen LogP contribution in [0.25, 0.3) is 0 Å². The molecular weight excluding hydrogens is 354 g/mol. The first kappa shape index (κ1) is 14.7. The first-order valence-electron chi connectivity index (χ1n) is 5.18. The van der Waals surface area contributed by atoms with E-state index < -0.39 is 12.0 Å². The molecule has 0 fully saturated rings. The molecule has 0 heterocycles. The van der Waals surface area contributed by atoms with Crippen LogP contribution in [0.5, 0.6) is 0 Å². The van der Waals surface area contributed by atoms with E-state index in [1.807, 2.05) is 22.6 Å². The second kappa shape index (κ2) is 7.14. The van der Waals surface area contributed by atoms with Crippen molar-refractivity contribution in [1.29, 1.82) is 0 Å². The molecule has 0 bridgehead atoms. The van der Waals surface area contributed by atoms with Crippen molar-refractivity contribution in [3.8, 4) is 0 Å². The molecule has 0 saturated heterocycles. The fraction of sp³-hybridized carbons (Fsp3) is 0.273. The zero-order valence-corrected chi connectivity index (χ0v) is 11.8. The second-order valence-corrected chi connectivity index (χ2v) is 4.40. The van der Waals surface area contributed by atoms with Crippen LogP contribution in [0.15, 0.2) is 18.2 Å². The van der Waals surface area contributed by atoms with Gasteiger partial charge in [0.15, 0.2) is 0 Å². The average molecular weight is 366 g/mol. The minimum atomic E-state index is -0.549. The third-order valence-corrected chi connectivity index (χ3v) is 2.77. The van der Waals surface area contributed by atoms with Gasteiger partial charge in [-0.15, -0.1) is 0 Å². The van der Waals surface area contributed by atoms with E-state index in [0.29, 0.717) is 9.26 Å². The number of esters is 1. The lowest BCUT2D eigenvalue weighted by molar-refractivity contribution is -0.141. The van der Waals surface area contributed by atoms with E-state index in [2.05, 4.69) is 15.4 Å². The molecule has 0 aliphatic carbocycles. The van der Waals surface area contributed by atoms with Crippen LogP contribution in [0.3, 0.4) is 0 Å². The van der Waals surface area contributed by atoms with Crippen molar-refractivity contribution in [3.05, 3.63) is 27.6 Å². The van der Waals surface area contributed by atoms with Gasteiger partial charge >= 0.3 is 12.0 Å². The maximum atomic E-state index is 12.8. The summed E-state index contributed by atoms with van der Waals surface area (Å²) in [5.74, 6) is -0.890. The summed E-state index contributed by atoms with van der Waals surface area (Å²) in [6, 6.07) is 3.43. The fourth-order valence-electron chi connectivity index (χ4n) is 1.12. The van der Waals surface area contributed by atoms with E-state index in [-0.39, 0.29) is 19.0 Å². The van der Waals surface area contributed by atoms with Crippen LogP contribution >= 0.6 is 22.6 Å². The minimum absolute atomic E-state index is 0.211. The predicted molar refractivity (Wildman–Crippen MR) is 72.8 cm³/mol. The lowest BCUT2D eigenvalue weighted by Crippen LogP contribution is -2.34. The van der Waals surface area contributed by atoms with Crippen molar-refractivity contribution in [1.82, 2.24) is 5.32 Å². The van der Waals surface area contributed by atoms with Gasteiger partial charge in [0.25, 0.3) is 0 Å². The number of halogens is 2. The summed E-state index contributed by atoms with van der Waals surface area (Å²) < 4.78 is 18.0. The van der Waals surface area contributed by atoms with Crippen LogP contribution in [0.4, 0.5) is 14.9 Å². The van der Waals surface area contributed by atoms with Gasteiger partial charge < -0.3 is 15.4 Å². The van der Waals surface area contributed by atoms with Crippen molar-refractivity contribution in [2.75, 3.05) is 18.5 Å². The van der Waals surface area contributed by atoms with Gasteiger partial charge in [0, 0.05) is 3.57 Å². The van der Waals surface area contributed by atoms with Crippen LogP contribution in [-0.4, -0.2) is 25.2 Å². The molecule has 0 saturated carbocycles. The number of anilines is 1. The molecule has 2 amide bonds. The standard InChI is InChI=1S/C11H12FIN2O3/c1-2-18-10(16)6-14-11(17)15-9-4-3-7(12)5-8(9)13/h3-5H,2,6H2,1H3,(H2,14,15,17). The summed E-state index contributed by atoms with van der Waals surface area (Å²) in [6.45, 7) is 1.73. The average Bonchev–Trinajstić information content (AvgIpc) is 2.31. The molecule has 0 unspecified atom stereocenters. The van der Waals surface area contributed by atoms with Gasteiger partial charge in [-0.05, 0) is 47.7 Å². The van der Waals surface area contributed by atoms with Crippen molar-refractivity contribution >= 4 is 40.3 Å². The highest BCUT2D eigenvalue weighted by molar-refractivity contribution is 14.1. The van der Waals surface area contributed by atoms with Crippen LogP contribution in [-0.2, 0) is 9.53 Å². The van der Waals surface area contributed by atoms with Gasteiger partial charge in [0.2, 0.25) is 0 Å². The Hall–Kier alpha value is -1.38. The Kier molecular flexibility index (Phi) is 5.83. The molecule has 18 heavy (non-hydrogen) atoms. The molecule has 5 nitrogen and oxygen atoms in total. The number of carbonyl (C=O) groups is 2. The fourth-order valence-corrected chi connectivity index (χ4v) is 1.73. The Morgan fingerprint density at radius 3 is 2.78 bits per heavy atom. The van der Waals surface area contributed by atoms with Gasteiger partial charge in [-0.2, -0.15) is 0 Å². The number of ether oxygens (including phenoxy) is 1. The number of nitrogens with one attached hydrogen (secondary N) is 2. The summed E-state index contributed by atoms with van der Waals surface area (Å²) in [6.07, 6.45) is 0. The van der Waals surface area contributed by atoms with Crippen LogP contribution in [0, 0.1) is 9.39 Å². The van der Waals surface area contributed by atoms with Gasteiger partial charge in [0.05, 0.1) is 12.3 Å². The summed E-state index contributed by atoms with van der Waals surface area (Å²) in [5.41, 5.74) is 0.471. The first-order chi connectivity index (χ1) is 8.52. The number of carbonyl (C=O) groups excluding carboxylic acids is 2. The molecule has 0 aliphatic heterocycles. The Bertz CT molecular complexity index is 454. The summed E-state index contributed by atoms with van der Waals surface area (Å²) in [5, 5.41) is 4.84. The third kappa shape index (κ3) is 4.86. The number of amides is 2. The highest BCUT2D eigenvalue weighted by Crippen LogP contribution is 2.18. The van der Waals surface area contributed by atoms with Crippen LogP contribution in [0.1, 0.15) is 6.92 Å². The summed E-state index contributed by atoms with van der Waals surface area (Å²) >= 11 is 1.90. The highest BCUT2D eigenvalue weighted by atomic mass is 127. The second-order valence-electron chi connectivity index (χ2n) is 3.24. The lowest BCUT2D eigenvalue weighted by Gasteiger charge is -2.08. The normalized spacial score (nSPS) is 9.72. The highest BCUT2D eigenvalue weighted by Gasteiger charge is 2.08. The van der Waals surface area contributed by atoms with Crippen molar-refractivity contribution in [2.45, 2.75) is 6.92 Å². The Labute approximate surface area is 117 Å². The van der Waals surface area contributed by atoms with Crippen LogP contribution < -0.4 is 10.6 Å². The first-order valence-corrected chi connectivity index (χ1v) is 6.26. The SMILES string of the molecule is CCOC(=O)CNC(=O)Nc1ccc(F)cc1I. The maximum absolute atomic E-state index is 12.8. The molecule has 0 aliphatic rings. The van der Waals surface area contributed by atoms with Crippen molar-refractivity contribution < 1.29 is 18.7 Å². The largest absolute Gasteiger partial charge is 0.465 e. The van der Waals surface area contributed by atoms with Gasteiger partial charge in [-0.25, -0.2) is 9.18 Å². The monoisotopic (exact) mass is 366 g/mol. The van der Waals surface area contributed by atoms with Crippen molar-refractivity contribution in [3.63, 3.8) is 0 Å². The van der Waals surface area contributed by atoms with Crippen LogP contribution in [0.2, 0.25) is 0 Å². The quantitative estimate of drug-likeness (QED) is 0.634.